The van der Waals surface area contributed by atoms with E-state index in [1.807, 2.05) is 12.1 Å². The first-order valence-corrected chi connectivity index (χ1v) is 6.11. The molecule has 1 heterocycles. The number of benzene rings is 1. The molecule has 0 fully saturated rings. The van der Waals surface area contributed by atoms with E-state index in [0.29, 0.717) is 6.54 Å². The summed E-state index contributed by atoms with van der Waals surface area (Å²) in [5.74, 6) is 0.989. The lowest BCUT2D eigenvalue weighted by atomic mass is 10.0. The van der Waals surface area contributed by atoms with Crippen LogP contribution < -0.4 is 4.74 Å². The second kappa shape index (κ2) is 4.87. The van der Waals surface area contributed by atoms with Gasteiger partial charge in [-0.25, -0.2) is 0 Å². The number of nitrogens with zero attached hydrogens (tertiary/aromatic N) is 1. The Morgan fingerprint density at radius 3 is 3.12 bits per heavy atom. The number of halogens is 1. The van der Waals surface area contributed by atoms with Gasteiger partial charge >= 0.3 is 0 Å². The molecular weight excluding hydrogens is 270 g/mol. The predicted octanol–water partition coefficient (Wildman–Crippen LogP) is 2.96. The molecule has 1 amide bonds. The Labute approximate surface area is 104 Å². The van der Waals surface area contributed by atoms with E-state index in [1.165, 1.54) is 5.56 Å². The largest absolute Gasteiger partial charge is 0.493 e. The lowest BCUT2D eigenvalue weighted by Crippen LogP contribution is -2.20. The molecule has 1 aliphatic heterocycles. The number of ether oxygens (including phenoxy) is 1. The van der Waals surface area contributed by atoms with Gasteiger partial charge in [0.05, 0.1) is 6.61 Å². The summed E-state index contributed by atoms with van der Waals surface area (Å²) in [5, 5.41) is 0. The van der Waals surface area contributed by atoms with Gasteiger partial charge in [-0.3, -0.25) is 4.79 Å². The van der Waals surface area contributed by atoms with Crippen molar-refractivity contribution in [2.45, 2.75) is 19.4 Å². The summed E-state index contributed by atoms with van der Waals surface area (Å²) in [6, 6.07) is 6.13. The molecule has 1 aliphatic rings. The Balaban J connectivity index is 2.14. The minimum Gasteiger partial charge on any atom is -0.493 e. The Bertz CT molecular complexity index is 406. The maximum atomic E-state index is 11.1. The summed E-state index contributed by atoms with van der Waals surface area (Å²) < 4.78 is 5.54. The third-order valence-corrected chi connectivity index (χ3v) is 3.30. The van der Waals surface area contributed by atoms with Crippen molar-refractivity contribution in [2.75, 3.05) is 13.7 Å². The molecule has 86 valence electrons. The highest BCUT2D eigenvalue weighted by molar-refractivity contribution is 9.18. The fourth-order valence-corrected chi connectivity index (χ4v) is 1.97. The molecular formula is C12H14BrNO2. The molecule has 1 aromatic carbocycles. The average Bonchev–Trinajstić information content (AvgIpc) is 2.28. The molecule has 0 bridgehead atoms. The standard InChI is InChI=1S/C12H14BrNO2/c1-14(12(13)15)8-9-4-5-11-10(7-9)3-2-6-16-11/h4-5,7H,2-3,6,8H2,1H3. The summed E-state index contributed by atoms with van der Waals surface area (Å²) in [7, 11) is 1.77. The molecule has 0 atom stereocenters. The first-order valence-electron chi connectivity index (χ1n) is 5.32. The summed E-state index contributed by atoms with van der Waals surface area (Å²) in [4.78, 5) is 12.6. The Morgan fingerprint density at radius 2 is 2.38 bits per heavy atom. The van der Waals surface area contributed by atoms with Gasteiger partial charge in [-0.2, -0.15) is 0 Å². The molecule has 16 heavy (non-hydrogen) atoms. The number of aryl methyl sites for hydroxylation is 1. The molecule has 0 N–H and O–H groups in total. The van der Waals surface area contributed by atoms with Crippen LogP contribution >= 0.6 is 15.9 Å². The lowest BCUT2D eigenvalue weighted by molar-refractivity contribution is 0.233. The average molecular weight is 284 g/mol. The zero-order valence-electron chi connectivity index (χ0n) is 9.20. The highest BCUT2D eigenvalue weighted by Crippen LogP contribution is 2.26. The molecule has 0 spiro atoms. The van der Waals surface area contributed by atoms with Crippen LogP contribution in [-0.4, -0.2) is 23.4 Å². The second-order valence-electron chi connectivity index (χ2n) is 4.00. The molecule has 0 saturated heterocycles. The van der Waals surface area contributed by atoms with E-state index in [1.54, 1.807) is 11.9 Å². The van der Waals surface area contributed by atoms with E-state index < -0.39 is 0 Å². The van der Waals surface area contributed by atoms with Crippen molar-refractivity contribution >= 4 is 20.7 Å². The van der Waals surface area contributed by atoms with Crippen molar-refractivity contribution in [1.82, 2.24) is 4.90 Å². The van der Waals surface area contributed by atoms with Gasteiger partial charge in [0, 0.05) is 29.5 Å². The van der Waals surface area contributed by atoms with Crippen LogP contribution in [0.1, 0.15) is 17.5 Å². The molecule has 2 rings (SSSR count). The predicted molar refractivity (Wildman–Crippen MR) is 66.0 cm³/mol. The highest BCUT2D eigenvalue weighted by Gasteiger charge is 2.12. The minimum absolute atomic E-state index is 0.0959. The molecule has 0 radical (unpaired) electrons. The molecule has 0 saturated carbocycles. The van der Waals surface area contributed by atoms with E-state index in [-0.39, 0.29) is 4.82 Å². The maximum absolute atomic E-state index is 11.1. The number of fused-ring (bicyclic) bond motifs is 1. The van der Waals surface area contributed by atoms with Crippen molar-refractivity contribution in [3.63, 3.8) is 0 Å². The van der Waals surface area contributed by atoms with E-state index in [0.717, 1.165) is 30.8 Å². The van der Waals surface area contributed by atoms with Crippen molar-refractivity contribution in [1.29, 1.82) is 0 Å². The van der Waals surface area contributed by atoms with Gasteiger partial charge in [0.2, 0.25) is 0 Å². The van der Waals surface area contributed by atoms with Crippen molar-refractivity contribution in [3.8, 4) is 5.75 Å². The summed E-state index contributed by atoms with van der Waals surface area (Å²) >= 11 is 2.93. The van der Waals surface area contributed by atoms with Crippen LogP contribution in [0.15, 0.2) is 18.2 Å². The number of hydrogen-bond donors (Lipinski definition) is 0. The van der Waals surface area contributed by atoms with Crippen molar-refractivity contribution in [3.05, 3.63) is 29.3 Å². The first-order chi connectivity index (χ1) is 7.66. The molecule has 0 unspecified atom stereocenters. The van der Waals surface area contributed by atoms with Crippen molar-refractivity contribution in [2.24, 2.45) is 0 Å². The summed E-state index contributed by atoms with van der Waals surface area (Å²) in [6.07, 6.45) is 2.14. The molecule has 0 aliphatic carbocycles. The summed E-state index contributed by atoms with van der Waals surface area (Å²) in [5.41, 5.74) is 2.39. The smallest absolute Gasteiger partial charge is 0.289 e. The van der Waals surface area contributed by atoms with Gasteiger partial charge in [-0.1, -0.05) is 12.1 Å². The fourth-order valence-electron chi connectivity index (χ4n) is 1.85. The van der Waals surface area contributed by atoms with Gasteiger partial charge in [0.15, 0.2) is 0 Å². The number of carbonyl (C=O) groups is 1. The molecule has 3 nitrogen and oxygen atoms in total. The summed E-state index contributed by atoms with van der Waals surface area (Å²) in [6.45, 7) is 1.43. The van der Waals surface area contributed by atoms with Crippen LogP contribution in [0.25, 0.3) is 0 Å². The topological polar surface area (TPSA) is 29.5 Å². The Morgan fingerprint density at radius 1 is 1.56 bits per heavy atom. The SMILES string of the molecule is CN(Cc1ccc2c(c1)CCCO2)C(=O)Br. The van der Waals surface area contributed by atoms with Crippen molar-refractivity contribution < 1.29 is 9.53 Å². The normalized spacial score (nSPS) is 13.9. The van der Waals surface area contributed by atoms with Gasteiger partial charge in [-0.05, 0) is 30.0 Å². The molecule has 0 aromatic heterocycles. The van der Waals surface area contributed by atoms with Gasteiger partial charge < -0.3 is 9.64 Å². The third-order valence-electron chi connectivity index (χ3n) is 2.69. The Hall–Kier alpha value is -1.03. The van der Waals surface area contributed by atoms with Gasteiger partial charge in [0.1, 0.15) is 5.75 Å². The minimum atomic E-state index is -0.0959. The highest BCUT2D eigenvalue weighted by atomic mass is 79.9. The fraction of sp³-hybridized carbons (Fsp3) is 0.417. The van der Waals surface area contributed by atoms with E-state index in [9.17, 15) is 4.79 Å². The van der Waals surface area contributed by atoms with Crippen LogP contribution in [0.4, 0.5) is 4.79 Å². The van der Waals surface area contributed by atoms with Crippen LogP contribution in [0.3, 0.4) is 0 Å². The first kappa shape index (κ1) is 11.5. The third kappa shape index (κ3) is 2.55. The molecule has 1 aromatic rings. The van der Waals surface area contributed by atoms with Crippen LogP contribution in [0.2, 0.25) is 0 Å². The maximum Gasteiger partial charge on any atom is 0.289 e. The molecule has 4 heteroatoms. The number of rotatable bonds is 2. The number of carbonyl (C=O) groups excluding carboxylic acids is 1. The van der Waals surface area contributed by atoms with Crippen LogP contribution in [-0.2, 0) is 13.0 Å². The van der Waals surface area contributed by atoms with E-state index >= 15 is 0 Å². The van der Waals surface area contributed by atoms with Gasteiger partial charge in [-0.15, -0.1) is 0 Å². The number of amides is 1. The Kier molecular flexibility index (Phi) is 3.49. The second-order valence-corrected chi connectivity index (χ2v) is 4.68. The zero-order chi connectivity index (χ0) is 11.5. The van der Waals surface area contributed by atoms with Gasteiger partial charge in [0.25, 0.3) is 4.82 Å². The number of hydrogen-bond acceptors (Lipinski definition) is 2. The van der Waals surface area contributed by atoms with Crippen LogP contribution in [0.5, 0.6) is 5.75 Å². The van der Waals surface area contributed by atoms with E-state index in [2.05, 4.69) is 22.0 Å². The zero-order valence-corrected chi connectivity index (χ0v) is 10.8. The monoisotopic (exact) mass is 283 g/mol. The van der Waals surface area contributed by atoms with Crippen LogP contribution in [0, 0.1) is 0 Å². The lowest BCUT2D eigenvalue weighted by Gasteiger charge is -2.19. The quantitative estimate of drug-likeness (QED) is 0.617. The van der Waals surface area contributed by atoms with E-state index in [4.69, 9.17) is 4.74 Å².